The summed E-state index contributed by atoms with van der Waals surface area (Å²) in [5.41, 5.74) is 7.71. The van der Waals surface area contributed by atoms with E-state index in [-0.39, 0.29) is 18.4 Å². The van der Waals surface area contributed by atoms with Gasteiger partial charge in [0.2, 0.25) is 5.91 Å². The van der Waals surface area contributed by atoms with E-state index in [1.54, 1.807) is 6.07 Å². The predicted molar refractivity (Wildman–Crippen MR) is 111 cm³/mol. The van der Waals surface area contributed by atoms with Crippen LogP contribution in [0.5, 0.6) is 5.75 Å². The lowest BCUT2D eigenvalue weighted by Crippen LogP contribution is -2.43. The number of aliphatic hydroxyl groups excluding tert-OH is 1. The van der Waals surface area contributed by atoms with Crippen molar-refractivity contribution in [1.29, 1.82) is 0 Å². The highest BCUT2D eigenvalue weighted by molar-refractivity contribution is 6.33. The number of aryl methyl sites for hydroxylation is 1. The van der Waals surface area contributed by atoms with Crippen molar-refractivity contribution in [2.24, 2.45) is 11.7 Å². The Balaban J connectivity index is 1.58. The highest BCUT2D eigenvalue weighted by Gasteiger charge is 2.24. The Morgan fingerprint density at radius 2 is 2.03 bits per heavy atom. The van der Waals surface area contributed by atoms with Gasteiger partial charge in [-0.1, -0.05) is 23.7 Å². The van der Waals surface area contributed by atoms with Gasteiger partial charge in [0.05, 0.1) is 0 Å². The van der Waals surface area contributed by atoms with Crippen LogP contribution in [0.4, 0.5) is 4.39 Å². The molecule has 0 saturated carbocycles. The first kappa shape index (κ1) is 21.6. The van der Waals surface area contributed by atoms with Gasteiger partial charge < -0.3 is 20.5 Å². The molecule has 2 aromatic rings. The van der Waals surface area contributed by atoms with Crippen molar-refractivity contribution in [1.82, 2.24) is 4.90 Å². The molecule has 1 unspecified atom stereocenters. The van der Waals surface area contributed by atoms with Gasteiger partial charge in [0, 0.05) is 29.1 Å². The average Bonchev–Trinajstić information content (AvgIpc) is 2.66. The first-order chi connectivity index (χ1) is 13.8. The number of likely N-dealkylation sites (tertiary alicyclic amines) is 1. The smallest absolute Gasteiger partial charge is 0.220 e. The molecule has 156 valence electrons. The molecule has 29 heavy (non-hydrogen) atoms. The van der Waals surface area contributed by atoms with Crippen LogP contribution in [0.2, 0.25) is 5.02 Å². The second kappa shape index (κ2) is 9.57. The average molecular weight is 421 g/mol. The van der Waals surface area contributed by atoms with E-state index in [1.807, 2.05) is 25.1 Å². The number of aliphatic hydroxyl groups is 1. The topological polar surface area (TPSA) is 75.8 Å². The van der Waals surface area contributed by atoms with E-state index >= 15 is 0 Å². The molecule has 3 N–H and O–H groups in total. The van der Waals surface area contributed by atoms with Crippen LogP contribution in [0.1, 0.15) is 18.4 Å². The number of nitrogens with two attached hydrogens (primary N) is 1. The van der Waals surface area contributed by atoms with Crippen LogP contribution >= 0.6 is 11.6 Å². The number of benzene rings is 2. The molecule has 0 spiro atoms. The zero-order chi connectivity index (χ0) is 21.0. The molecule has 1 aliphatic rings. The van der Waals surface area contributed by atoms with E-state index in [1.165, 1.54) is 12.1 Å². The normalized spacial score (nSPS) is 16.6. The maximum absolute atomic E-state index is 14.1. The van der Waals surface area contributed by atoms with Gasteiger partial charge in [0.1, 0.15) is 24.3 Å². The molecule has 1 amide bonds. The summed E-state index contributed by atoms with van der Waals surface area (Å²) in [4.78, 5) is 13.3. The van der Waals surface area contributed by atoms with Crippen molar-refractivity contribution in [2.75, 3.05) is 26.2 Å². The minimum atomic E-state index is -0.727. The highest BCUT2D eigenvalue weighted by Crippen LogP contribution is 2.32. The molecule has 0 bridgehead atoms. The van der Waals surface area contributed by atoms with E-state index in [9.17, 15) is 14.3 Å². The van der Waals surface area contributed by atoms with Crippen molar-refractivity contribution < 1.29 is 19.0 Å². The number of primary amides is 1. The summed E-state index contributed by atoms with van der Waals surface area (Å²) in [6, 6.07) is 10.00. The zero-order valence-electron chi connectivity index (χ0n) is 16.4. The Labute approximate surface area is 175 Å². The Morgan fingerprint density at radius 1 is 1.31 bits per heavy atom. The molecule has 5 nitrogen and oxygen atoms in total. The fraction of sp³-hybridized carbons (Fsp3) is 0.409. The fourth-order valence-electron chi connectivity index (χ4n) is 3.60. The van der Waals surface area contributed by atoms with Crippen LogP contribution in [0.25, 0.3) is 11.1 Å². The second-order valence-electron chi connectivity index (χ2n) is 7.60. The van der Waals surface area contributed by atoms with Crippen LogP contribution in [-0.4, -0.2) is 48.3 Å². The predicted octanol–water partition coefficient (Wildman–Crippen LogP) is 3.39. The van der Waals surface area contributed by atoms with Crippen LogP contribution < -0.4 is 10.5 Å². The van der Waals surface area contributed by atoms with Gasteiger partial charge >= 0.3 is 0 Å². The van der Waals surface area contributed by atoms with Crippen molar-refractivity contribution in [3.63, 3.8) is 0 Å². The van der Waals surface area contributed by atoms with Crippen molar-refractivity contribution in [3.8, 4) is 16.9 Å². The number of amides is 1. The maximum Gasteiger partial charge on any atom is 0.220 e. The van der Waals surface area contributed by atoms with E-state index in [2.05, 4.69) is 4.90 Å². The molecule has 3 rings (SSSR count). The maximum atomic E-state index is 14.1. The summed E-state index contributed by atoms with van der Waals surface area (Å²) in [5, 5.41) is 10.8. The first-order valence-electron chi connectivity index (χ1n) is 9.71. The summed E-state index contributed by atoms with van der Waals surface area (Å²) in [7, 11) is 0. The SMILES string of the molecule is Cc1ccc(-c2cc(F)cc(OCC(O)CN3CCC(C(N)=O)CC3)c2)c(Cl)c1. The standard InChI is InChI=1S/C22H26ClFN2O3/c1-14-2-3-20(21(23)8-14)16-9-17(24)11-19(10-16)29-13-18(27)12-26-6-4-15(5-7-26)22(25)28/h2-3,8-11,15,18,27H,4-7,12-13H2,1H3,(H2,25,28). The van der Waals surface area contributed by atoms with Gasteiger partial charge in [-0.3, -0.25) is 4.79 Å². The molecule has 1 saturated heterocycles. The molecule has 7 heteroatoms. The number of carbonyl (C=O) groups is 1. The molecule has 2 aromatic carbocycles. The quantitative estimate of drug-likeness (QED) is 0.719. The first-order valence-corrected chi connectivity index (χ1v) is 10.1. The number of rotatable bonds is 7. The lowest BCUT2D eigenvalue weighted by molar-refractivity contribution is -0.123. The monoisotopic (exact) mass is 420 g/mol. The van der Waals surface area contributed by atoms with Crippen molar-refractivity contribution in [2.45, 2.75) is 25.9 Å². The molecule has 1 fully saturated rings. The Hall–Kier alpha value is -2.15. The summed E-state index contributed by atoms with van der Waals surface area (Å²) in [6.45, 7) is 3.83. The Kier molecular flexibility index (Phi) is 7.11. The van der Waals surface area contributed by atoms with Crippen LogP contribution in [0.15, 0.2) is 36.4 Å². The minimum absolute atomic E-state index is 0.0419. The van der Waals surface area contributed by atoms with Gasteiger partial charge in [-0.15, -0.1) is 0 Å². The van der Waals surface area contributed by atoms with Gasteiger partial charge in [0.25, 0.3) is 0 Å². The molecular formula is C22H26ClFN2O3. The van der Waals surface area contributed by atoms with Gasteiger partial charge in [-0.25, -0.2) is 4.39 Å². The number of nitrogens with zero attached hydrogens (tertiary/aromatic N) is 1. The number of halogens is 2. The third-order valence-corrected chi connectivity index (χ3v) is 5.52. The van der Waals surface area contributed by atoms with E-state index < -0.39 is 11.9 Å². The number of ether oxygens (including phenoxy) is 1. The summed E-state index contributed by atoms with van der Waals surface area (Å²) >= 11 is 6.30. The van der Waals surface area contributed by atoms with E-state index in [0.29, 0.717) is 48.8 Å². The van der Waals surface area contributed by atoms with Crippen molar-refractivity contribution in [3.05, 3.63) is 52.8 Å². The molecule has 0 radical (unpaired) electrons. The third-order valence-electron chi connectivity index (χ3n) is 5.21. The molecule has 1 aliphatic heterocycles. The highest BCUT2D eigenvalue weighted by atomic mass is 35.5. The third kappa shape index (κ3) is 5.92. The van der Waals surface area contributed by atoms with Crippen molar-refractivity contribution >= 4 is 17.5 Å². The Bertz CT molecular complexity index is 869. The van der Waals surface area contributed by atoms with Crippen LogP contribution in [0, 0.1) is 18.7 Å². The molecule has 1 heterocycles. The lowest BCUT2D eigenvalue weighted by atomic mass is 9.96. The fourth-order valence-corrected chi connectivity index (χ4v) is 3.94. The van der Waals surface area contributed by atoms with Crippen LogP contribution in [0.3, 0.4) is 0 Å². The van der Waals surface area contributed by atoms with E-state index in [4.69, 9.17) is 22.1 Å². The number of hydrogen-bond donors (Lipinski definition) is 2. The summed E-state index contributed by atoms with van der Waals surface area (Å²) in [5.74, 6) is -0.441. The van der Waals surface area contributed by atoms with Crippen LogP contribution in [-0.2, 0) is 4.79 Å². The number of β-amino-alcohol motifs (C(OH)–C–C–N with tert-alkyl or cyclic N) is 1. The molecule has 0 aliphatic carbocycles. The van der Waals surface area contributed by atoms with Gasteiger partial charge in [-0.05, 0) is 62.2 Å². The summed E-state index contributed by atoms with van der Waals surface area (Å²) in [6.07, 6.45) is 0.677. The number of carbonyl (C=O) groups excluding carboxylic acids is 1. The molecular weight excluding hydrogens is 395 g/mol. The largest absolute Gasteiger partial charge is 0.491 e. The van der Waals surface area contributed by atoms with Gasteiger partial charge in [-0.2, -0.15) is 0 Å². The molecule has 0 aromatic heterocycles. The minimum Gasteiger partial charge on any atom is -0.491 e. The molecule has 1 atom stereocenters. The zero-order valence-corrected chi connectivity index (χ0v) is 17.2. The Morgan fingerprint density at radius 3 is 2.69 bits per heavy atom. The second-order valence-corrected chi connectivity index (χ2v) is 8.01. The number of hydrogen-bond acceptors (Lipinski definition) is 4. The summed E-state index contributed by atoms with van der Waals surface area (Å²) < 4.78 is 19.7. The number of piperidine rings is 1. The van der Waals surface area contributed by atoms with E-state index in [0.717, 1.165) is 11.1 Å². The lowest BCUT2D eigenvalue weighted by Gasteiger charge is -2.31. The van der Waals surface area contributed by atoms with Gasteiger partial charge in [0.15, 0.2) is 0 Å².